The van der Waals surface area contributed by atoms with Gasteiger partial charge < -0.3 is 14.2 Å². The Kier molecular flexibility index (Phi) is 10.2. The number of alkyl halides is 1. The van der Waals surface area contributed by atoms with Crippen LogP contribution in [0.1, 0.15) is 39.6 Å². The van der Waals surface area contributed by atoms with E-state index in [9.17, 15) is 0 Å². The van der Waals surface area contributed by atoms with Crippen molar-refractivity contribution in [3.8, 4) is 0 Å². The summed E-state index contributed by atoms with van der Waals surface area (Å²) in [5, 5.41) is 0.162. The van der Waals surface area contributed by atoms with Crippen LogP contribution in [-0.4, -0.2) is 44.5 Å². The minimum absolute atomic E-state index is 0.0584. The molecule has 1 aliphatic rings. The summed E-state index contributed by atoms with van der Waals surface area (Å²) in [7, 11) is 0. The number of fused-ring (bicyclic) bond motifs is 1. The molecule has 3 heterocycles. The van der Waals surface area contributed by atoms with Crippen molar-refractivity contribution < 1.29 is 18.6 Å². The SMILES string of the molecule is F[C@@H]1[C@H](OC(c2ccccc2)(c2ccccc2)c2ccccc2)[C@@H](COC(c2ccccc2)(c2ccccc2)c2ccccc2)O[C@H]1n1cnc2c(Cl)ncnc21. The molecule has 1 aliphatic heterocycles. The van der Waals surface area contributed by atoms with Crippen LogP contribution in [0.5, 0.6) is 0 Å². The van der Waals surface area contributed by atoms with Gasteiger partial charge in [-0.1, -0.05) is 194 Å². The number of benzene rings is 6. The molecule has 8 aromatic rings. The van der Waals surface area contributed by atoms with Crippen molar-refractivity contribution in [3.05, 3.63) is 233 Å². The molecule has 0 bridgehead atoms. The van der Waals surface area contributed by atoms with Gasteiger partial charge in [0.25, 0.3) is 0 Å². The van der Waals surface area contributed by atoms with Gasteiger partial charge in [0.1, 0.15) is 35.3 Å². The molecule has 6 aromatic carbocycles. The fraction of sp³-hybridized carbons (Fsp3) is 0.146. The summed E-state index contributed by atoms with van der Waals surface area (Å²) in [5.74, 6) is 0. The van der Waals surface area contributed by atoms with Gasteiger partial charge >= 0.3 is 0 Å². The molecule has 57 heavy (non-hydrogen) atoms. The number of imidazole rings is 1. The molecule has 0 aliphatic carbocycles. The lowest BCUT2D eigenvalue weighted by atomic mass is 9.79. The van der Waals surface area contributed by atoms with Crippen LogP contribution < -0.4 is 0 Å². The quantitative estimate of drug-likeness (QED) is 0.0910. The monoisotopic (exact) mass is 772 g/mol. The van der Waals surface area contributed by atoms with Gasteiger partial charge in [0.15, 0.2) is 23.2 Å². The lowest BCUT2D eigenvalue weighted by Crippen LogP contribution is -2.45. The molecule has 1 fully saturated rings. The summed E-state index contributed by atoms with van der Waals surface area (Å²) < 4.78 is 41.1. The first-order chi connectivity index (χ1) is 28.1. The molecule has 0 unspecified atom stereocenters. The highest BCUT2D eigenvalue weighted by Crippen LogP contribution is 2.47. The van der Waals surface area contributed by atoms with Gasteiger partial charge in [-0.05, 0) is 33.4 Å². The second-order valence-electron chi connectivity index (χ2n) is 14.0. The molecule has 0 spiro atoms. The topological polar surface area (TPSA) is 71.3 Å². The van der Waals surface area contributed by atoms with E-state index >= 15 is 4.39 Å². The predicted molar refractivity (Wildman–Crippen MR) is 218 cm³/mol. The fourth-order valence-electron chi connectivity index (χ4n) is 8.11. The first kappa shape index (κ1) is 36.6. The van der Waals surface area contributed by atoms with Crippen LogP contribution in [0.15, 0.2) is 195 Å². The second-order valence-corrected chi connectivity index (χ2v) is 14.3. The Balaban J connectivity index is 1.21. The Morgan fingerprint density at radius 3 is 1.39 bits per heavy atom. The van der Waals surface area contributed by atoms with Gasteiger partial charge in [-0.15, -0.1) is 0 Å². The average Bonchev–Trinajstić information content (AvgIpc) is 3.85. The number of hydrogen-bond donors (Lipinski definition) is 0. The van der Waals surface area contributed by atoms with Gasteiger partial charge in [-0.3, -0.25) is 4.57 Å². The summed E-state index contributed by atoms with van der Waals surface area (Å²) in [5.41, 5.74) is 3.55. The highest BCUT2D eigenvalue weighted by atomic mass is 35.5. The zero-order chi connectivity index (χ0) is 38.7. The Bertz CT molecular complexity index is 2340. The molecule has 9 heteroatoms. The summed E-state index contributed by atoms with van der Waals surface area (Å²) in [4.78, 5) is 13.0. The van der Waals surface area contributed by atoms with E-state index in [1.807, 2.05) is 146 Å². The van der Waals surface area contributed by atoms with E-state index in [4.69, 9.17) is 25.8 Å². The molecule has 0 N–H and O–H groups in total. The van der Waals surface area contributed by atoms with Crippen molar-refractivity contribution in [1.29, 1.82) is 0 Å². The maximum Gasteiger partial charge on any atom is 0.174 e. The minimum Gasteiger partial charge on any atom is -0.358 e. The van der Waals surface area contributed by atoms with Crippen LogP contribution in [0, 0.1) is 0 Å². The first-order valence-electron chi connectivity index (χ1n) is 18.9. The molecule has 0 saturated carbocycles. The van der Waals surface area contributed by atoms with E-state index in [1.54, 1.807) is 4.57 Å². The van der Waals surface area contributed by atoms with Gasteiger partial charge in [-0.2, -0.15) is 0 Å². The Hall–Kier alpha value is -6.03. The summed E-state index contributed by atoms with van der Waals surface area (Å²) in [6.07, 6.45) is -2.21. The largest absolute Gasteiger partial charge is 0.358 e. The highest BCUT2D eigenvalue weighted by Gasteiger charge is 2.53. The van der Waals surface area contributed by atoms with Crippen LogP contribution in [-0.2, 0) is 25.4 Å². The molecule has 9 rings (SSSR count). The van der Waals surface area contributed by atoms with Crippen molar-refractivity contribution in [2.24, 2.45) is 0 Å². The Morgan fingerprint density at radius 1 is 0.561 bits per heavy atom. The highest BCUT2D eigenvalue weighted by molar-refractivity contribution is 6.33. The molecule has 4 atom stereocenters. The van der Waals surface area contributed by atoms with E-state index in [1.165, 1.54) is 12.7 Å². The standard InChI is InChI=1S/C48H38ClFN4O3/c49-44-42-45(52-32-51-44)54(33-53-42)46-41(50)43(57-48(37-25-13-4-14-26-37,38-27-15-5-16-28-38)39-29-17-6-18-30-39)40(56-46)31-55-47(34-19-7-1-8-20-34,35-21-9-2-10-22-35)36-23-11-3-12-24-36/h1-30,32-33,40-41,43,46H,31H2/t40-,41-,43-,46-/m1/s1. The van der Waals surface area contributed by atoms with Gasteiger partial charge in [0.05, 0.1) is 12.9 Å². The van der Waals surface area contributed by atoms with Crippen LogP contribution in [0.3, 0.4) is 0 Å². The van der Waals surface area contributed by atoms with E-state index in [2.05, 4.69) is 51.4 Å². The molecule has 2 aromatic heterocycles. The van der Waals surface area contributed by atoms with Crippen molar-refractivity contribution in [3.63, 3.8) is 0 Å². The Morgan fingerprint density at radius 2 is 0.965 bits per heavy atom. The van der Waals surface area contributed by atoms with Crippen molar-refractivity contribution in [2.45, 2.75) is 35.8 Å². The van der Waals surface area contributed by atoms with Gasteiger partial charge in [0.2, 0.25) is 0 Å². The number of rotatable bonds is 12. The lowest BCUT2D eigenvalue weighted by Gasteiger charge is -2.40. The summed E-state index contributed by atoms with van der Waals surface area (Å²) in [6.45, 7) is -0.0584. The minimum atomic E-state index is -1.72. The average molecular weight is 773 g/mol. The number of hydrogen-bond acceptors (Lipinski definition) is 6. The van der Waals surface area contributed by atoms with Crippen molar-refractivity contribution >= 4 is 22.8 Å². The molecule has 1 saturated heterocycles. The second kappa shape index (κ2) is 15.8. The lowest BCUT2D eigenvalue weighted by molar-refractivity contribution is -0.128. The smallest absolute Gasteiger partial charge is 0.174 e. The molecule has 282 valence electrons. The third-order valence-electron chi connectivity index (χ3n) is 10.7. The third-order valence-corrected chi connectivity index (χ3v) is 11.0. The van der Waals surface area contributed by atoms with Crippen LogP contribution in [0.2, 0.25) is 5.15 Å². The van der Waals surface area contributed by atoms with Crippen molar-refractivity contribution in [2.75, 3.05) is 6.61 Å². The van der Waals surface area contributed by atoms with Gasteiger partial charge in [-0.25, -0.2) is 19.3 Å². The molecule has 0 radical (unpaired) electrons. The van der Waals surface area contributed by atoms with E-state index in [0.717, 1.165) is 33.4 Å². The van der Waals surface area contributed by atoms with Crippen LogP contribution in [0.25, 0.3) is 11.2 Å². The first-order valence-corrected chi connectivity index (χ1v) is 19.2. The van der Waals surface area contributed by atoms with E-state index in [0.29, 0.717) is 11.2 Å². The van der Waals surface area contributed by atoms with Crippen molar-refractivity contribution in [1.82, 2.24) is 19.5 Å². The number of nitrogens with zero attached hydrogens (tertiary/aromatic N) is 4. The maximum absolute atomic E-state index is 17.9. The molecule has 0 amide bonds. The number of halogens is 2. The van der Waals surface area contributed by atoms with E-state index < -0.39 is 35.8 Å². The summed E-state index contributed by atoms with van der Waals surface area (Å²) in [6, 6.07) is 60.0. The predicted octanol–water partition coefficient (Wildman–Crippen LogP) is 10.1. The molecule has 7 nitrogen and oxygen atoms in total. The molecular formula is C48H38ClFN4O3. The number of aromatic nitrogens is 4. The normalized spacial score (nSPS) is 18.5. The summed E-state index contributed by atoms with van der Waals surface area (Å²) >= 11 is 6.43. The third kappa shape index (κ3) is 6.60. The Labute approximate surface area is 335 Å². The van der Waals surface area contributed by atoms with Crippen LogP contribution >= 0.6 is 11.6 Å². The maximum atomic E-state index is 17.9. The van der Waals surface area contributed by atoms with E-state index in [-0.39, 0.29) is 11.8 Å². The zero-order valence-corrected chi connectivity index (χ0v) is 31.5. The molecular weight excluding hydrogens is 735 g/mol. The zero-order valence-electron chi connectivity index (χ0n) is 30.8. The number of ether oxygens (including phenoxy) is 3. The van der Waals surface area contributed by atoms with Crippen LogP contribution in [0.4, 0.5) is 4.39 Å². The fourth-order valence-corrected chi connectivity index (χ4v) is 8.28. The van der Waals surface area contributed by atoms with Gasteiger partial charge in [0, 0.05) is 0 Å².